The van der Waals surface area contributed by atoms with Crippen molar-refractivity contribution in [3.8, 4) is 0 Å². The van der Waals surface area contributed by atoms with Gasteiger partial charge in [0.05, 0.1) is 0 Å². The van der Waals surface area contributed by atoms with E-state index in [1.807, 2.05) is 13.8 Å². The summed E-state index contributed by atoms with van der Waals surface area (Å²) in [5.74, 6) is 0.333. The van der Waals surface area contributed by atoms with Gasteiger partial charge in [-0.3, -0.25) is 4.79 Å². The third-order valence-corrected chi connectivity index (χ3v) is 3.38. The smallest absolute Gasteiger partial charge is 0.222 e. The van der Waals surface area contributed by atoms with Crippen molar-refractivity contribution < 1.29 is 4.79 Å². The minimum Gasteiger partial charge on any atom is -0.356 e. The fourth-order valence-electron chi connectivity index (χ4n) is 2.22. The Morgan fingerprint density at radius 1 is 1.41 bits per heavy atom. The molecule has 0 aromatic rings. The molecule has 1 atom stereocenters. The Morgan fingerprint density at radius 3 is 2.76 bits per heavy atom. The molecule has 0 spiro atoms. The fraction of sp³-hybridized carbons (Fsp3) is 0.923. The van der Waals surface area contributed by atoms with Crippen molar-refractivity contribution in [2.45, 2.75) is 45.6 Å². The second-order valence-electron chi connectivity index (χ2n) is 4.92. The van der Waals surface area contributed by atoms with Crippen molar-refractivity contribution in [3.63, 3.8) is 0 Å². The number of carbonyl (C=O) groups excluding carboxylic acids is 1. The van der Waals surface area contributed by atoms with Crippen LogP contribution < -0.4 is 16.0 Å². The predicted octanol–water partition coefficient (Wildman–Crippen LogP) is 0.880. The third kappa shape index (κ3) is 6.03. The molecular formula is C13H27N3O. The Kier molecular flexibility index (Phi) is 7.21. The fourth-order valence-corrected chi connectivity index (χ4v) is 2.22. The van der Waals surface area contributed by atoms with Crippen LogP contribution in [0, 0.1) is 5.92 Å². The highest BCUT2D eigenvalue weighted by Gasteiger charge is 2.13. The Bertz CT molecular complexity index is 215. The lowest BCUT2D eigenvalue weighted by Gasteiger charge is -2.24. The molecule has 17 heavy (non-hydrogen) atoms. The average molecular weight is 241 g/mol. The van der Waals surface area contributed by atoms with E-state index in [0.717, 1.165) is 39.0 Å². The van der Waals surface area contributed by atoms with Crippen LogP contribution in [-0.4, -0.2) is 38.1 Å². The monoisotopic (exact) mass is 241 g/mol. The molecule has 1 rings (SSSR count). The number of nitrogens with one attached hydrogen (secondary N) is 3. The number of amides is 1. The van der Waals surface area contributed by atoms with Crippen molar-refractivity contribution >= 4 is 5.91 Å². The highest BCUT2D eigenvalue weighted by Crippen LogP contribution is 2.06. The van der Waals surface area contributed by atoms with Crippen molar-refractivity contribution in [1.82, 2.24) is 16.0 Å². The summed E-state index contributed by atoms with van der Waals surface area (Å²) in [6.45, 7) is 8.00. The van der Waals surface area contributed by atoms with E-state index >= 15 is 0 Å². The summed E-state index contributed by atoms with van der Waals surface area (Å²) < 4.78 is 0. The van der Waals surface area contributed by atoms with Gasteiger partial charge in [0.25, 0.3) is 0 Å². The van der Waals surface area contributed by atoms with Gasteiger partial charge in [0.1, 0.15) is 0 Å². The Hall–Kier alpha value is -0.610. The van der Waals surface area contributed by atoms with Crippen LogP contribution in [0.15, 0.2) is 0 Å². The summed E-state index contributed by atoms with van der Waals surface area (Å²) in [5, 5.41) is 9.80. The first-order valence-corrected chi connectivity index (χ1v) is 6.95. The topological polar surface area (TPSA) is 53.2 Å². The van der Waals surface area contributed by atoms with E-state index in [9.17, 15) is 4.79 Å². The van der Waals surface area contributed by atoms with Crippen molar-refractivity contribution in [1.29, 1.82) is 0 Å². The number of piperidine rings is 1. The molecular weight excluding hydrogens is 214 g/mol. The van der Waals surface area contributed by atoms with E-state index in [1.54, 1.807) is 0 Å². The van der Waals surface area contributed by atoms with Crippen molar-refractivity contribution in [3.05, 3.63) is 0 Å². The van der Waals surface area contributed by atoms with Gasteiger partial charge >= 0.3 is 0 Å². The van der Waals surface area contributed by atoms with Crippen LogP contribution in [0.5, 0.6) is 0 Å². The first-order chi connectivity index (χ1) is 8.24. The summed E-state index contributed by atoms with van der Waals surface area (Å²) in [5.41, 5.74) is 0. The second kappa shape index (κ2) is 8.48. The first kappa shape index (κ1) is 14.5. The van der Waals surface area contributed by atoms with Gasteiger partial charge in [-0.15, -0.1) is 0 Å². The van der Waals surface area contributed by atoms with Gasteiger partial charge in [0.2, 0.25) is 5.91 Å². The van der Waals surface area contributed by atoms with E-state index in [2.05, 4.69) is 16.0 Å². The molecule has 0 radical (unpaired) electrons. The standard InChI is InChI=1S/C13H27N3O/c1-3-15-13(17)11(2)5-4-8-16-12-6-9-14-10-7-12/h11-12,14,16H,3-10H2,1-2H3,(H,15,17). The molecule has 1 heterocycles. The van der Waals surface area contributed by atoms with Crippen LogP contribution in [0.25, 0.3) is 0 Å². The lowest BCUT2D eigenvalue weighted by Crippen LogP contribution is -2.40. The van der Waals surface area contributed by atoms with E-state index in [-0.39, 0.29) is 11.8 Å². The maximum absolute atomic E-state index is 11.5. The van der Waals surface area contributed by atoms with Crippen LogP contribution in [0.2, 0.25) is 0 Å². The summed E-state index contributed by atoms with van der Waals surface area (Å²) in [6.07, 6.45) is 4.52. The molecule has 1 amide bonds. The van der Waals surface area contributed by atoms with Crippen molar-refractivity contribution in [2.75, 3.05) is 26.2 Å². The van der Waals surface area contributed by atoms with E-state index < -0.39 is 0 Å². The lowest BCUT2D eigenvalue weighted by atomic mass is 10.0. The molecule has 4 heteroatoms. The van der Waals surface area contributed by atoms with E-state index in [0.29, 0.717) is 6.04 Å². The minimum absolute atomic E-state index is 0.143. The van der Waals surface area contributed by atoms with Crippen LogP contribution in [0.3, 0.4) is 0 Å². The SMILES string of the molecule is CCNC(=O)C(C)CCCNC1CCNCC1. The number of carbonyl (C=O) groups is 1. The van der Waals surface area contributed by atoms with Gasteiger partial charge in [0, 0.05) is 18.5 Å². The van der Waals surface area contributed by atoms with Crippen LogP contribution in [0.1, 0.15) is 39.5 Å². The summed E-state index contributed by atoms with van der Waals surface area (Å²) in [6, 6.07) is 0.677. The highest BCUT2D eigenvalue weighted by atomic mass is 16.1. The van der Waals surface area contributed by atoms with Gasteiger partial charge in [-0.2, -0.15) is 0 Å². The molecule has 0 bridgehead atoms. The van der Waals surface area contributed by atoms with E-state index in [1.165, 1.54) is 12.8 Å². The van der Waals surface area contributed by atoms with Crippen LogP contribution >= 0.6 is 0 Å². The third-order valence-electron chi connectivity index (χ3n) is 3.38. The zero-order valence-electron chi connectivity index (χ0n) is 11.2. The predicted molar refractivity (Wildman–Crippen MR) is 71.0 cm³/mol. The number of rotatable bonds is 7. The normalized spacial score (nSPS) is 18.9. The second-order valence-corrected chi connectivity index (χ2v) is 4.92. The molecule has 0 aromatic carbocycles. The van der Waals surface area contributed by atoms with Crippen molar-refractivity contribution in [2.24, 2.45) is 5.92 Å². The molecule has 0 aliphatic carbocycles. The molecule has 3 N–H and O–H groups in total. The molecule has 1 saturated heterocycles. The molecule has 1 aliphatic heterocycles. The molecule has 1 unspecified atom stereocenters. The number of hydrogen-bond acceptors (Lipinski definition) is 3. The molecule has 0 saturated carbocycles. The molecule has 100 valence electrons. The molecule has 1 aliphatic rings. The maximum Gasteiger partial charge on any atom is 0.222 e. The lowest BCUT2D eigenvalue weighted by molar-refractivity contribution is -0.124. The largest absolute Gasteiger partial charge is 0.356 e. The summed E-state index contributed by atoms with van der Waals surface area (Å²) >= 11 is 0. The summed E-state index contributed by atoms with van der Waals surface area (Å²) in [4.78, 5) is 11.5. The first-order valence-electron chi connectivity index (χ1n) is 6.95. The van der Waals surface area contributed by atoms with Gasteiger partial charge < -0.3 is 16.0 Å². The van der Waals surface area contributed by atoms with E-state index in [4.69, 9.17) is 0 Å². The molecule has 1 fully saturated rings. The van der Waals surface area contributed by atoms with Crippen LogP contribution in [0.4, 0.5) is 0 Å². The number of hydrogen-bond donors (Lipinski definition) is 3. The molecule has 4 nitrogen and oxygen atoms in total. The van der Waals surface area contributed by atoms with Gasteiger partial charge in [-0.25, -0.2) is 0 Å². The Labute approximate surface area is 105 Å². The zero-order chi connectivity index (χ0) is 12.5. The quantitative estimate of drug-likeness (QED) is 0.580. The van der Waals surface area contributed by atoms with Gasteiger partial charge in [-0.1, -0.05) is 6.92 Å². The highest BCUT2D eigenvalue weighted by molar-refractivity contribution is 5.78. The summed E-state index contributed by atoms with van der Waals surface area (Å²) in [7, 11) is 0. The Morgan fingerprint density at radius 2 is 2.12 bits per heavy atom. The zero-order valence-corrected chi connectivity index (χ0v) is 11.2. The maximum atomic E-state index is 11.5. The minimum atomic E-state index is 0.143. The van der Waals surface area contributed by atoms with Gasteiger partial charge in [-0.05, 0) is 52.2 Å². The van der Waals surface area contributed by atoms with Crippen LogP contribution in [-0.2, 0) is 4.79 Å². The van der Waals surface area contributed by atoms with Gasteiger partial charge in [0.15, 0.2) is 0 Å². The Balaban J connectivity index is 2.00. The molecule has 0 aromatic heterocycles. The average Bonchev–Trinajstić information content (AvgIpc) is 2.36.